The van der Waals surface area contributed by atoms with Crippen LogP contribution in [0.1, 0.15) is 12.0 Å². The van der Waals surface area contributed by atoms with Crippen molar-refractivity contribution in [3.05, 3.63) is 30.1 Å². The van der Waals surface area contributed by atoms with Crippen molar-refractivity contribution in [2.75, 3.05) is 12.1 Å². The summed E-state index contributed by atoms with van der Waals surface area (Å²) in [7, 11) is 0. The molecular weight excluding hydrogens is 248 g/mol. The SMILES string of the molecule is O=C(CCc1cccc2c1OCO2)Nc1ncn[nH]1. The molecule has 2 aromatic rings. The van der Waals surface area contributed by atoms with E-state index in [1.807, 2.05) is 18.2 Å². The number of fused-ring (bicyclic) bond motifs is 1. The smallest absolute Gasteiger partial charge is 0.231 e. The first-order valence-corrected chi connectivity index (χ1v) is 5.85. The Morgan fingerprint density at radius 3 is 3.21 bits per heavy atom. The zero-order chi connectivity index (χ0) is 13.1. The Labute approximate surface area is 108 Å². The lowest BCUT2D eigenvalue weighted by molar-refractivity contribution is -0.116. The number of hydrogen-bond donors (Lipinski definition) is 2. The Morgan fingerprint density at radius 2 is 2.37 bits per heavy atom. The lowest BCUT2D eigenvalue weighted by Gasteiger charge is -2.05. The predicted molar refractivity (Wildman–Crippen MR) is 65.9 cm³/mol. The molecule has 7 heteroatoms. The minimum atomic E-state index is -0.131. The minimum Gasteiger partial charge on any atom is -0.454 e. The van der Waals surface area contributed by atoms with E-state index < -0.39 is 0 Å². The molecule has 0 atom stereocenters. The maximum atomic E-state index is 11.7. The first-order chi connectivity index (χ1) is 9.33. The Bertz CT molecular complexity index is 583. The molecule has 0 fully saturated rings. The van der Waals surface area contributed by atoms with Crippen molar-refractivity contribution in [2.24, 2.45) is 0 Å². The van der Waals surface area contributed by atoms with Crippen LogP contribution in [0.3, 0.4) is 0 Å². The van der Waals surface area contributed by atoms with E-state index in [-0.39, 0.29) is 12.7 Å². The molecule has 1 aromatic carbocycles. The van der Waals surface area contributed by atoms with Gasteiger partial charge < -0.3 is 9.47 Å². The lowest BCUT2D eigenvalue weighted by atomic mass is 10.1. The Kier molecular flexibility index (Phi) is 3.01. The number of anilines is 1. The van der Waals surface area contributed by atoms with Crippen molar-refractivity contribution in [1.29, 1.82) is 0 Å². The van der Waals surface area contributed by atoms with Crippen LogP contribution in [0.25, 0.3) is 0 Å². The molecule has 1 aliphatic rings. The van der Waals surface area contributed by atoms with Gasteiger partial charge in [0.2, 0.25) is 18.6 Å². The molecule has 19 heavy (non-hydrogen) atoms. The zero-order valence-corrected chi connectivity index (χ0v) is 10.0. The summed E-state index contributed by atoms with van der Waals surface area (Å²) >= 11 is 0. The Hall–Kier alpha value is -2.57. The highest BCUT2D eigenvalue weighted by Crippen LogP contribution is 2.35. The van der Waals surface area contributed by atoms with Crippen molar-refractivity contribution < 1.29 is 14.3 Å². The third-order valence-corrected chi connectivity index (χ3v) is 2.77. The number of carbonyl (C=O) groups excluding carboxylic acids is 1. The molecule has 2 N–H and O–H groups in total. The normalized spacial score (nSPS) is 12.4. The van der Waals surface area contributed by atoms with Gasteiger partial charge in [-0.25, -0.2) is 5.10 Å². The summed E-state index contributed by atoms with van der Waals surface area (Å²) < 4.78 is 10.7. The maximum Gasteiger partial charge on any atom is 0.231 e. The van der Waals surface area contributed by atoms with E-state index in [0.717, 1.165) is 17.1 Å². The van der Waals surface area contributed by atoms with E-state index in [2.05, 4.69) is 20.5 Å². The quantitative estimate of drug-likeness (QED) is 0.859. The maximum absolute atomic E-state index is 11.7. The van der Waals surface area contributed by atoms with Gasteiger partial charge in [-0.3, -0.25) is 10.1 Å². The number of para-hydroxylation sites is 1. The third-order valence-electron chi connectivity index (χ3n) is 2.77. The van der Waals surface area contributed by atoms with E-state index in [9.17, 15) is 4.79 Å². The highest BCUT2D eigenvalue weighted by Gasteiger charge is 2.17. The summed E-state index contributed by atoms with van der Waals surface area (Å²) in [6, 6.07) is 5.66. The van der Waals surface area contributed by atoms with E-state index in [1.54, 1.807) is 0 Å². The summed E-state index contributed by atoms with van der Waals surface area (Å²) in [5.41, 5.74) is 0.961. The summed E-state index contributed by atoms with van der Waals surface area (Å²) in [6.45, 7) is 0.233. The van der Waals surface area contributed by atoms with Gasteiger partial charge in [-0.1, -0.05) is 12.1 Å². The molecule has 0 radical (unpaired) electrons. The van der Waals surface area contributed by atoms with Gasteiger partial charge in [0.15, 0.2) is 11.5 Å². The number of H-pyrrole nitrogens is 1. The van der Waals surface area contributed by atoms with Crippen LogP contribution in [-0.2, 0) is 11.2 Å². The second-order valence-corrected chi connectivity index (χ2v) is 4.03. The number of amides is 1. The summed E-state index contributed by atoms with van der Waals surface area (Å²) in [5.74, 6) is 1.68. The molecule has 0 aliphatic carbocycles. The molecule has 1 aliphatic heterocycles. The number of hydrogen-bond acceptors (Lipinski definition) is 5. The number of benzene rings is 1. The fourth-order valence-electron chi connectivity index (χ4n) is 1.90. The van der Waals surface area contributed by atoms with E-state index in [1.165, 1.54) is 6.33 Å². The Balaban J connectivity index is 1.61. The number of rotatable bonds is 4. The monoisotopic (exact) mass is 260 g/mol. The summed E-state index contributed by atoms with van der Waals surface area (Å²) in [4.78, 5) is 15.5. The van der Waals surface area contributed by atoms with Gasteiger partial charge in [0.25, 0.3) is 0 Å². The largest absolute Gasteiger partial charge is 0.454 e. The highest BCUT2D eigenvalue weighted by molar-refractivity contribution is 5.89. The average molecular weight is 260 g/mol. The minimum absolute atomic E-state index is 0.131. The summed E-state index contributed by atoms with van der Waals surface area (Å²) in [5, 5.41) is 8.84. The van der Waals surface area contributed by atoms with E-state index >= 15 is 0 Å². The molecule has 0 bridgehead atoms. The van der Waals surface area contributed by atoms with Crippen LogP contribution < -0.4 is 14.8 Å². The number of aromatic amines is 1. The lowest BCUT2D eigenvalue weighted by Crippen LogP contribution is -2.13. The predicted octanol–water partition coefficient (Wildman–Crippen LogP) is 1.10. The van der Waals surface area contributed by atoms with Gasteiger partial charge >= 0.3 is 0 Å². The molecule has 0 saturated heterocycles. The standard InChI is InChI=1S/C12H12N4O3/c17-10(15-12-13-6-14-16-12)5-4-8-2-1-3-9-11(8)19-7-18-9/h1-3,6H,4-5,7H2,(H2,13,14,15,16,17). The third kappa shape index (κ3) is 2.49. The van der Waals surface area contributed by atoms with Crippen LogP contribution in [0.5, 0.6) is 11.5 Å². The molecule has 3 rings (SSSR count). The average Bonchev–Trinajstić information content (AvgIpc) is 3.06. The van der Waals surface area contributed by atoms with Crippen LogP contribution in [0.4, 0.5) is 5.95 Å². The Morgan fingerprint density at radius 1 is 1.42 bits per heavy atom. The topological polar surface area (TPSA) is 89.1 Å². The molecule has 0 spiro atoms. The van der Waals surface area contributed by atoms with Gasteiger partial charge in [0.05, 0.1) is 0 Å². The number of aryl methyl sites for hydroxylation is 1. The van der Waals surface area contributed by atoms with E-state index in [0.29, 0.717) is 18.8 Å². The second kappa shape index (κ2) is 4.97. The van der Waals surface area contributed by atoms with Crippen LogP contribution in [0.15, 0.2) is 24.5 Å². The molecule has 1 aromatic heterocycles. The number of nitrogens with zero attached hydrogens (tertiary/aromatic N) is 2. The molecule has 2 heterocycles. The van der Waals surface area contributed by atoms with Gasteiger partial charge in [0.1, 0.15) is 6.33 Å². The molecule has 7 nitrogen and oxygen atoms in total. The van der Waals surface area contributed by atoms with Gasteiger partial charge in [-0.2, -0.15) is 10.1 Å². The van der Waals surface area contributed by atoms with Gasteiger partial charge in [-0.05, 0) is 18.1 Å². The van der Waals surface area contributed by atoms with Crippen LogP contribution >= 0.6 is 0 Å². The van der Waals surface area contributed by atoms with E-state index in [4.69, 9.17) is 9.47 Å². The molecule has 98 valence electrons. The van der Waals surface area contributed by atoms with Crippen molar-refractivity contribution in [2.45, 2.75) is 12.8 Å². The van der Waals surface area contributed by atoms with Crippen LogP contribution in [-0.4, -0.2) is 27.9 Å². The van der Waals surface area contributed by atoms with Gasteiger partial charge in [-0.15, -0.1) is 0 Å². The molecule has 1 amide bonds. The highest BCUT2D eigenvalue weighted by atomic mass is 16.7. The van der Waals surface area contributed by atoms with Crippen LogP contribution in [0, 0.1) is 0 Å². The molecule has 0 unspecified atom stereocenters. The van der Waals surface area contributed by atoms with Crippen LogP contribution in [0.2, 0.25) is 0 Å². The van der Waals surface area contributed by atoms with Crippen molar-refractivity contribution >= 4 is 11.9 Å². The molecular formula is C12H12N4O3. The summed E-state index contributed by atoms with van der Waals surface area (Å²) in [6.07, 6.45) is 2.25. The second-order valence-electron chi connectivity index (χ2n) is 4.03. The zero-order valence-electron chi connectivity index (χ0n) is 10.0. The van der Waals surface area contributed by atoms with Gasteiger partial charge in [0, 0.05) is 6.42 Å². The molecule has 0 saturated carbocycles. The fourth-order valence-corrected chi connectivity index (χ4v) is 1.90. The first-order valence-electron chi connectivity index (χ1n) is 5.85. The number of ether oxygens (including phenoxy) is 2. The van der Waals surface area contributed by atoms with Crippen molar-refractivity contribution in [3.63, 3.8) is 0 Å². The first kappa shape index (κ1) is 11.5. The number of carbonyl (C=O) groups is 1. The van der Waals surface area contributed by atoms with Crippen molar-refractivity contribution in [1.82, 2.24) is 15.2 Å². The van der Waals surface area contributed by atoms with Crippen molar-refractivity contribution in [3.8, 4) is 11.5 Å². The fraction of sp³-hybridized carbons (Fsp3) is 0.250. The number of aromatic nitrogens is 3. The number of nitrogens with one attached hydrogen (secondary N) is 2.